The van der Waals surface area contributed by atoms with Crippen LogP contribution in [-0.4, -0.2) is 35.3 Å². The maximum Gasteiger partial charge on any atom is 0.338 e. The number of rotatable bonds is 9. The molecule has 0 radical (unpaired) electrons. The lowest BCUT2D eigenvalue weighted by molar-refractivity contribution is -0.385. The molecule has 1 aromatic heterocycles. The van der Waals surface area contributed by atoms with Gasteiger partial charge in [-0.25, -0.2) is 9.79 Å². The lowest BCUT2D eigenvalue weighted by Gasteiger charge is -2.26. The van der Waals surface area contributed by atoms with Gasteiger partial charge < -0.3 is 14.2 Å². The number of ether oxygens (including phenoxy) is 3. The first kappa shape index (κ1) is 27.5. The molecule has 0 aliphatic carbocycles. The molecule has 0 amide bonds. The minimum atomic E-state index is -0.886. The number of allylic oxidation sites excluding steroid dienone is 1. The summed E-state index contributed by atoms with van der Waals surface area (Å²) in [6.07, 6.45) is 2.68. The van der Waals surface area contributed by atoms with Crippen LogP contribution in [0.15, 0.2) is 76.2 Å². The monoisotopic (exact) mass is 549 g/mol. The third-order valence-electron chi connectivity index (χ3n) is 5.86. The molecule has 1 unspecified atom stereocenters. The molecule has 0 saturated carbocycles. The van der Waals surface area contributed by atoms with E-state index in [1.54, 1.807) is 63.2 Å². The highest BCUT2D eigenvalue weighted by atomic mass is 32.1. The summed E-state index contributed by atoms with van der Waals surface area (Å²) in [7, 11) is 1.49. The fourth-order valence-corrected chi connectivity index (χ4v) is 5.25. The zero-order chi connectivity index (χ0) is 28.3. The second-order valence-electron chi connectivity index (χ2n) is 8.86. The van der Waals surface area contributed by atoms with E-state index in [-0.39, 0.29) is 28.0 Å². The molecular weight excluding hydrogens is 522 g/mol. The Kier molecular flexibility index (Phi) is 8.10. The van der Waals surface area contributed by atoms with Gasteiger partial charge in [0.15, 0.2) is 16.3 Å². The number of carbonyl (C=O) groups is 1. The van der Waals surface area contributed by atoms with E-state index in [0.717, 1.165) is 11.3 Å². The summed E-state index contributed by atoms with van der Waals surface area (Å²) in [6, 6.07) is 10.4. The van der Waals surface area contributed by atoms with Crippen molar-refractivity contribution in [2.75, 3.05) is 13.7 Å². The lowest BCUT2D eigenvalue weighted by atomic mass is 9.95. The molecule has 1 aliphatic rings. The Morgan fingerprint density at radius 2 is 2.00 bits per heavy atom. The summed E-state index contributed by atoms with van der Waals surface area (Å²) < 4.78 is 18.4. The molecule has 1 atom stereocenters. The average molecular weight is 550 g/mol. The van der Waals surface area contributed by atoms with Crippen LogP contribution >= 0.6 is 11.3 Å². The highest BCUT2D eigenvalue weighted by Crippen LogP contribution is 2.36. The highest BCUT2D eigenvalue weighted by molar-refractivity contribution is 7.07. The van der Waals surface area contributed by atoms with Gasteiger partial charge in [-0.2, -0.15) is 0 Å². The quantitative estimate of drug-likeness (QED) is 0.173. The van der Waals surface area contributed by atoms with E-state index in [4.69, 9.17) is 14.2 Å². The van der Waals surface area contributed by atoms with E-state index in [1.807, 2.05) is 0 Å². The Balaban J connectivity index is 1.96. The van der Waals surface area contributed by atoms with Crippen LogP contribution in [0, 0.1) is 10.1 Å². The van der Waals surface area contributed by atoms with Crippen molar-refractivity contribution in [1.82, 2.24) is 4.57 Å². The van der Waals surface area contributed by atoms with Gasteiger partial charge in [0.2, 0.25) is 0 Å². The minimum absolute atomic E-state index is 0.128. The van der Waals surface area contributed by atoms with Crippen molar-refractivity contribution in [3.63, 3.8) is 0 Å². The maximum atomic E-state index is 13.8. The Morgan fingerprint density at radius 3 is 2.67 bits per heavy atom. The molecule has 2 heterocycles. The molecule has 0 spiro atoms. The number of para-hydroxylation sites is 1. The highest BCUT2D eigenvalue weighted by Gasteiger charge is 2.34. The molecule has 0 saturated heterocycles. The van der Waals surface area contributed by atoms with Gasteiger partial charge >= 0.3 is 5.97 Å². The third-order valence-corrected chi connectivity index (χ3v) is 6.85. The van der Waals surface area contributed by atoms with Gasteiger partial charge in [-0.05, 0) is 50.6 Å². The van der Waals surface area contributed by atoms with Crippen molar-refractivity contribution in [1.29, 1.82) is 0 Å². The minimum Gasteiger partial charge on any atom is -0.493 e. The van der Waals surface area contributed by atoms with Crippen LogP contribution in [0.1, 0.15) is 37.9 Å². The van der Waals surface area contributed by atoms with Crippen molar-refractivity contribution >= 4 is 29.1 Å². The average Bonchev–Trinajstić information content (AvgIpc) is 3.20. The van der Waals surface area contributed by atoms with Crippen LogP contribution in [0.4, 0.5) is 5.69 Å². The van der Waals surface area contributed by atoms with E-state index in [1.165, 1.54) is 23.8 Å². The summed E-state index contributed by atoms with van der Waals surface area (Å²) in [5, 5.41) is 11.5. The van der Waals surface area contributed by atoms with Crippen molar-refractivity contribution < 1.29 is 23.9 Å². The first-order chi connectivity index (χ1) is 18.7. The Hall–Kier alpha value is -4.51. The number of fused-ring (bicyclic) bond motifs is 1. The molecule has 0 fully saturated rings. The van der Waals surface area contributed by atoms with Crippen LogP contribution < -0.4 is 24.4 Å². The fraction of sp³-hybridized carbons (Fsp3) is 0.250. The van der Waals surface area contributed by atoms with Gasteiger partial charge in [-0.15, -0.1) is 0 Å². The number of nitrogens with zero attached hydrogens (tertiary/aromatic N) is 3. The van der Waals surface area contributed by atoms with E-state index in [9.17, 15) is 19.7 Å². The maximum absolute atomic E-state index is 13.8. The van der Waals surface area contributed by atoms with Gasteiger partial charge in [0, 0.05) is 6.07 Å². The summed E-state index contributed by atoms with van der Waals surface area (Å²) in [4.78, 5) is 43.0. The summed E-state index contributed by atoms with van der Waals surface area (Å²) >= 11 is 1.08. The van der Waals surface area contributed by atoms with Crippen molar-refractivity contribution in [2.45, 2.75) is 32.9 Å². The van der Waals surface area contributed by atoms with Gasteiger partial charge in [0.05, 0.1) is 45.5 Å². The molecule has 3 aromatic rings. The van der Waals surface area contributed by atoms with Gasteiger partial charge in [-0.3, -0.25) is 19.5 Å². The van der Waals surface area contributed by atoms with Gasteiger partial charge in [0.1, 0.15) is 6.61 Å². The smallest absolute Gasteiger partial charge is 0.338 e. The van der Waals surface area contributed by atoms with Crippen LogP contribution in [0.5, 0.6) is 11.5 Å². The van der Waals surface area contributed by atoms with Crippen molar-refractivity contribution in [3.8, 4) is 11.5 Å². The summed E-state index contributed by atoms with van der Waals surface area (Å²) in [5.41, 5.74) is 0.878. The molecule has 0 bridgehead atoms. The summed E-state index contributed by atoms with van der Waals surface area (Å²) in [6.45, 7) is 9.07. The number of methoxy groups -OCH3 is 1. The largest absolute Gasteiger partial charge is 0.493 e. The molecule has 0 N–H and O–H groups in total. The number of hydrogen-bond donors (Lipinski definition) is 0. The van der Waals surface area contributed by atoms with Gasteiger partial charge in [-0.1, -0.05) is 42.2 Å². The number of aromatic nitrogens is 1. The Morgan fingerprint density at radius 1 is 1.26 bits per heavy atom. The predicted octanol–water partition coefficient (Wildman–Crippen LogP) is 3.67. The molecule has 11 heteroatoms. The number of hydrogen-bond acceptors (Lipinski definition) is 9. The van der Waals surface area contributed by atoms with E-state index >= 15 is 0 Å². The Bertz CT molecular complexity index is 1670. The zero-order valence-electron chi connectivity index (χ0n) is 21.9. The molecule has 1 aliphatic heterocycles. The molecule has 2 aromatic carbocycles. The lowest BCUT2D eigenvalue weighted by Crippen LogP contribution is -2.40. The van der Waals surface area contributed by atoms with Crippen LogP contribution in [0.3, 0.4) is 0 Å². The third kappa shape index (κ3) is 5.53. The van der Waals surface area contributed by atoms with E-state index < -0.39 is 28.6 Å². The molecular formula is C28H27N3O7S. The number of esters is 1. The van der Waals surface area contributed by atoms with Gasteiger partial charge in [0.25, 0.3) is 11.2 Å². The SMILES string of the molecule is C=CCOc1ccc(C2C(C(=O)OC(C)C)=C(C)N=c3sc(=Cc4ccccc4[N+](=O)[O-])c(=O)n32)cc1OC. The molecule has 10 nitrogen and oxygen atoms in total. The number of benzene rings is 2. The number of thiazole rings is 1. The van der Waals surface area contributed by atoms with Crippen molar-refractivity contribution in [2.24, 2.45) is 4.99 Å². The topological polar surface area (TPSA) is 122 Å². The normalized spacial score (nSPS) is 15.0. The Labute approximate surface area is 227 Å². The number of nitro groups is 1. The molecule has 202 valence electrons. The van der Waals surface area contributed by atoms with E-state index in [0.29, 0.717) is 27.6 Å². The fourth-order valence-electron chi connectivity index (χ4n) is 4.21. The standard InChI is InChI=1S/C28H27N3O7S/c1-6-13-37-21-12-11-19(14-22(21)36-5)25-24(27(33)38-16(2)3)17(4)29-28-30(25)26(32)23(39-28)15-18-9-7-8-10-20(18)31(34)35/h6-12,14-16,25H,1,13H2,2-5H3. The van der Waals surface area contributed by atoms with Crippen LogP contribution in [0.2, 0.25) is 0 Å². The molecule has 4 rings (SSSR count). The second-order valence-corrected chi connectivity index (χ2v) is 9.87. The molecule has 39 heavy (non-hydrogen) atoms. The van der Waals surface area contributed by atoms with Crippen molar-refractivity contribution in [3.05, 3.63) is 107 Å². The first-order valence-electron chi connectivity index (χ1n) is 12.0. The summed E-state index contributed by atoms with van der Waals surface area (Å²) in [5.74, 6) is 0.273. The van der Waals surface area contributed by atoms with Crippen LogP contribution in [0.25, 0.3) is 6.08 Å². The number of carbonyl (C=O) groups excluding carboxylic acids is 1. The first-order valence-corrected chi connectivity index (χ1v) is 12.9. The van der Waals surface area contributed by atoms with Crippen LogP contribution in [-0.2, 0) is 9.53 Å². The number of nitro benzene ring substituents is 1. The second kappa shape index (κ2) is 11.5. The predicted molar refractivity (Wildman–Crippen MR) is 147 cm³/mol. The zero-order valence-corrected chi connectivity index (χ0v) is 22.7. The van der Waals surface area contributed by atoms with E-state index in [2.05, 4.69) is 11.6 Å².